The summed E-state index contributed by atoms with van der Waals surface area (Å²) in [4.78, 5) is 27.9. The van der Waals surface area contributed by atoms with Gasteiger partial charge >= 0.3 is 0 Å². The van der Waals surface area contributed by atoms with E-state index in [0.29, 0.717) is 12.1 Å². The predicted octanol–water partition coefficient (Wildman–Crippen LogP) is 1.71. The van der Waals surface area contributed by atoms with E-state index < -0.39 is 0 Å². The lowest BCUT2D eigenvalue weighted by Gasteiger charge is -2.26. The largest absolute Gasteiger partial charge is 0.348 e. The third-order valence-electron chi connectivity index (χ3n) is 4.53. The standard InChI is InChI=1S/C18H23N5O/c1-11-16(12(2)22-13(3)21-11)9-20-18(24)17-8-19-7-14-10-23(4)6-5-15(14)17/h7-8H,5-6,9-10H2,1-4H3,(H,20,24). The third-order valence-corrected chi connectivity index (χ3v) is 4.53. The smallest absolute Gasteiger partial charge is 0.253 e. The van der Waals surface area contributed by atoms with Crippen molar-refractivity contribution < 1.29 is 4.79 Å². The Morgan fingerprint density at radius 3 is 2.62 bits per heavy atom. The van der Waals surface area contributed by atoms with Gasteiger partial charge in [-0.25, -0.2) is 9.97 Å². The first-order valence-corrected chi connectivity index (χ1v) is 8.19. The summed E-state index contributed by atoms with van der Waals surface area (Å²) in [7, 11) is 2.08. The van der Waals surface area contributed by atoms with Crippen LogP contribution in [0, 0.1) is 20.8 Å². The number of nitrogens with zero attached hydrogens (tertiary/aromatic N) is 4. The minimum atomic E-state index is -0.0803. The Kier molecular flexibility index (Phi) is 4.57. The zero-order valence-corrected chi connectivity index (χ0v) is 14.7. The van der Waals surface area contributed by atoms with E-state index in [2.05, 4.69) is 32.2 Å². The van der Waals surface area contributed by atoms with E-state index in [-0.39, 0.29) is 5.91 Å². The fourth-order valence-corrected chi connectivity index (χ4v) is 3.26. The van der Waals surface area contributed by atoms with Gasteiger partial charge in [0.2, 0.25) is 0 Å². The lowest BCUT2D eigenvalue weighted by atomic mass is 9.97. The van der Waals surface area contributed by atoms with Gasteiger partial charge in [-0.2, -0.15) is 0 Å². The number of carbonyl (C=O) groups is 1. The van der Waals surface area contributed by atoms with Gasteiger partial charge in [0, 0.05) is 49.0 Å². The van der Waals surface area contributed by atoms with E-state index in [1.165, 1.54) is 0 Å². The highest BCUT2D eigenvalue weighted by molar-refractivity contribution is 5.95. The molecule has 1 aliphatic heterocycles. The molecule has 0 aliphatic carbocycles. The molecule has 2 aromatic heterocycles. The van der Waals surface area contributed by atoms with Gasteiger partial charge in [-0.15, -0.1) is 0 Å². The molecule has 1 N–H and O–H groups in total. The zero-order valence-electron chi connectivity index (χ0n) is 14.7. The Morgan fingerprint density at radius 1 is 1.21 bits per heavy atom. The van der Waals surface area contributed by atoms with Crippen molar-refractivity contribution in [3.05, 3.63) is 51.9 Å². The van der Waals surface area contributed by atoms with Crippen molar-refractivity contribution in [3.63, 3.8) is 0 Å². The van der Waals surface area contributed by atoms with Crippen LogP contribution in [0.1, 0.15) is 44.3 Å². The molecule has 0 unspecified atom stereocenters. The molecule has 0 bridgehead atoms. The van der Waals surface area contributed by atoms with Crippen LogP contribution in [0.3, 0.4) is 0 Å². The summed E-state index contributed by atoms with van der Waals surface area (Å²) in [5, 5.41) is 3.01. The minimum absolute atomic E-state index is 0.0803. The number of fused-ring (bicyclic) bond motifs is 1. The molecule has 3 rings (SSSR count). The number of amides is 1. The number of rotatable bonds is 3. The van der Waals surface area contributed by atoms with E-state index in [9.17, 15) is 4.79 Å². The highest BCUT2D eigenvalue weighted by atomic mass is 16.1. The maximum absolute atomic E-state index is 12.7. The highest BCUT2D eigenvalue weighted by Crippen LogP contribution is 2.21. The Bertz CT molecular complexity index is 764. The van der Waals surface area contributed by atoms with Crippen molar-refractivity contribution >= 4 is 5.91 Å². The maximum atomic E-state index is 12.7. The van der Waals surface area contributed by atoms with Gasteiger partial charge in [0.1, 0.15) is 5.82 Å². The Morgan fingerprint density at radius 2 is 1.92 bits per heavy atom. The fourth-order valence-electron chi connectivity index (χ4n) is 3.26. The molecule has 0 fully saturated rings. The van der Waals surface area contributed by atoms with Crippen LogP contribution in [-0.2, 0) is 19.5 Å². The molecule has 0 saturated heterocycles. The first kappa shape index (κ1) is 16.5. The Balaban J connectivity index is 1.78. The van der Waals surface area contributed by atoms with Crippen LogP contribution in [0.5, 0.6) is 0 Å². The van der Waals surface area contributed by atoms with Crippen LogP contribution < -0.4 is 5.32 Å². The number of likely N-dealkylation sites (N-methyl/N-ethyl adjacent to an activating group) is 1. The first-order chi connectivity index (χ1) is 11.5. The average molecular weight is 325 g/mol. The third kappa shape index (κ3) is 3.28. The molecule has 0 saturated carbocycles. The molecule has 6 heteroatoms. The molecule has 6 nitrogen and oxygen atoms in total. The van der Waals surface area contributed by atoms with Crippen LogP contribution in [0.4, 0.5) is 0 Å². The SMILES string of the molecule is Cc1nc(C)c(CNC(=O)c2cncc3c2CCN(C)C3)c(C)n1. The normalized spacial score (nSPS) is 14.3. The molecule has 3 heterocycles. The van der Waals surface area contributed by atoms with Crippen LogP contribution >= 0.6 is 0 Å². The topological polar surface area (TPSA) is 71.0 Å². The number of hydrogen-bond acceptors (Lipinski definition) is 5. The van der Waals surface area contributed by atoms with Gasteiger partial charge in [0.15, 0.2) is 0 Å². The number of pyridine rings is 1. The second-order valence-electron chi connectivity index (χ2n) is 6.42. The second-order valence-corrected chi connectivity index (χ2v) is 6.42. The molecule has 2 aromatic rings. The van der Waals surface area contributed by atoms with Crippen molar-refractivity contribution in [1.29, 1.82) is 0 Å². The quantitative estimate of drug-likeness (QED) is 0.930. The predicted molar refractivity (Wildman–Crippen MR) is 91.7 cm³/mol. The number of carbonyl (C=O) groups excluding carboxylic acids is 1. The lowest BCUT2D eigenvalue weighted by Crippen LogP contribution is -2.31. The van der Waals surface area contributed by atoms with Crippen molar-refractivity contribution in [2.75, 3.05) is 13.6 Å². The van der Waals surface area contributed by atoms with E-state index in [1.807, 2.05) is 27.0 Å². The van der Waals surface area contributed by atoms with Gasteiger partial charge in [0.25, 0.3) is 5.91 Å². The second kappa shape index (κ2) is 6.65. The van der Waals surface area contributed by atoms with Crippen LogP contribution in [0.25, 0.3) is 0 Å². The van der Waals surface area contributed by atoms with Crippen LogP contribution in [0.15, 0.2) is 12.4 Å². The molecule has 0 aromatic carbocycles. The van der Waals surface area contributed by atoms with E-state index >= 15 is 0 Å². The number of hydrogen-bond donors (Lipinski definition) is 1. The molecular weight excluding hydrogens is 302 g/mol. The first-order valence-electron chi connectivity index (χ1n) is 8.19. The monoisotopic (exact) mass is 325 g/mol. The van der Waals surface area contributed by atoms with Crippen LogP contribution in [-0.4, -0.2) is 39.4 Å². The molecular formula is C18H23N5O. The highest BCUT2D eigenvalue weighted by Gasteiger charge is 2.20. The Labute approximate surface area is 142 Å². The molecule has 0 atom stereocenters. The van der Waals surface area contributed by atoms with E-state index in [0.717, 1.165) is 53.4 Å². The van der Waals surface area contributed by atoms with Crippen molar-refractivity contribution in [2.24, 2.45) is 0 Å². The van der Waals surface area contributed by atoms with Gasteiger partial charge in [0.05, 0.1) is 5.56 Å². The number of aryl methyl sites for hydroxylation is 3. The van der Waals surface area contributed by atoms with Gasteiger partial charge in [-0.05, 0) is 45.4 Å². The maximum Gasteiger partial charge on any atom is 0.253 e. The van der Waals surface area contributed by atoms with Gasteiger partial charge < -0.3 is 10.2 Å². The summed E-state index contributed by atoms with van der Waals surface area (Å²) in [6.45, 7) is 8.01. The van der Waals surface area contributed by atoms with Crippen molar-refractivity contribution in [2.45, 2.75) is 40.3 Å². The summed E-state index contributed by atoms with van der Waals surface area (Å²) in [5.74, 6) is 0.675. The lowest BCUT2D eigenvalue weighted by molar-refractivity contribution is 0.0948. The summed E-state index contributed by atoms with van der Waals surface area (Å²) in [5.41, 5.74) is 5.75. The van der Waals surface area contributed by atoms with Crippen molar-refractivity contribution in [1.82, 2.24) is 25.2 Å². The molecule has 126 valence electrons. The van der Waals surface area contributed by atoms with Gasteiger partial charge in [-0.3, -0.25) is 9.78 Å². The number of aromatic nitrogens is 3. The van der Waals surface area contributed by atoms with E-state index in [1.54, 1.807) is 6.20 Å². The minimum Gasteiger partial charge on any atom is -0.348 e. The summed E-state index contributed by atoms with van der Waals surface area (Å²) in [6.07, 6.45) is 4.41. The zero-order chi connectivity index (χ0) is 17.3. The average Bonchev–Trinajstić information content (AvgIpc) is 2.52. The van der Waals surface area contributed by atoms with Crippen molar-refractivity contribution in [3.8, 4) is 0 Å². The summed E-state index contributed by atoms with van der Waals surface area (Å²) < 4.78 is 0. The van der Waals surface area contributed by atoms with Gasteiger partial charge in [-0.1, -0.05) is 0 Å². The molecule has 0 radical (unpaired) electrons. The molecule has 1 amide bonds. The van der Waals surface area contributed by atoms with E-state index in [4.69, 9.17) is 0 Å². The summed E-state index contributed by atoms with van der Waals surface area (Å²) in [6, 6.07) is 0. The Hall–Kier alpha value is -2.34. The summed E-state index contributed by atoms with van der Waals surface area (Å²) >= 11 is 0. The molecule has 0 spiro atoms. The fraction of sp³-hybridized carbons (Fsp3) is 0.444. The molecule has 24 heavy (non-hydrogen) atoms. The van der Waals surface area contributed by atoms with Crippen LogP contribution in [0.2, 0.25) is 0 Å². The molecule has 1 aliphatic rings. The number of nitrogens with one attached hydrogen (secondary N) is 1.